The van der Waals surface area contributed by atoms with Gasteiger partial charge in [0.2, 0.25) is 5.91 Å². The second-order valence-electron chi connectivity index (χ2n) is 9.32. The van der Waals surface area contributed by atoms with Gasteiger partial charge in [0, 0.05) is 50.1 Å². The van der Waals surface area contributed by atoms with Crippen molar-refractivity contribution in [3.8, 4) is 5.75 Å². The SMILES string of the molecule is O=C(c1ccc(OCc2cn3ccccc3n2)cc1)N1CCC(C(=O)N2CCCCCC2)CC1. The molecular weight excluding hydrogens is 428 g/mol. The Balaban J connectivity index is 1.12. The van der Waals surface area contributed by atoms with E-state index in [9.17, 15) is 9.59 Å². The third kappa shape index (κ3) is 5.08. The Bertz CT molecular complexity index is 1090. The Morgan fingerprint density at radius 1 is 0.882 bits per heavy atom. The highest BCUT2D eigenvalue weighted by Gasteiger charge is 2.30. The molecule has 178 valence electrons. The van der Waals surface area contributed by atoms with E-state index in [1.807, 2.05) is 64.2 Å². The van der Waals surface area contributed by atoms with Gasteiger partial charge in [0.15, 0.2) is 0 Å². The molecule has 4 heterocycles. The van der Waals surface area contributed by atoms with Crippen LogP contribution in [0.1, 0.15) is 54.6 Å². The molecule has 2 fully saturated rings. The molecule has 7 heteroatoms. The largest absolute Gasteiger partial charge is 0.487 e. The second kappa shape index (κ2) is 10.3. The van der Waals surface area contributed by atoms with Crippen LogP contribution in [0.5, 0.6) is 5.75 Å². The summed E-state index contributed by atoms with van der Waals surface area (Å²) in [6.45, 7) is 3.42. The zero-order chi connectivity index (χ0) is 23.3. The number of likely N-dealkylation sites (tertiary alicyclic amines) is 2. The van der Waals surface area contributed by atoms with Crippen molar-refractivity contribution in [2.45, 2.75) is 45.1 Å². The van der Waals surface area contributed by atoms with Gasteiger partial charge in [0.25, 0.3) is 5.91 Å². The van der Waals surface area contributed by atoms with Crippen molar-refractivity contribution in [1.29, 1.82) is 0 Å². The Kier molecular flexibility index (Phi) is 6.79. The van der Waals surface area contributed by atoms with Gasteiger partial charge in [-0.3, -0.25) is 9.59 Å². The molecule has 2 saturated heterocycles. The minimum absolute atomic E-state index is 0.0209. The lowest BCUT2D eigenvalue weighted by molar-refractivity contribution is -0.136. The van der Waals surface area contributed by atoms with Crippen molar-refractivity contribution in [3.05, 3.63) is 66.1 Å². The fourth-order valence-corrected chi connectivity index (χ4v) is 4.97. The molecule has 0 spiro atoms. The van der Waals surface area contributed by atoms with Gasteiger partial charge in [-0.15, -0.1) is 0 Å². The van der Waals surface area contributed by atoms with Crippen LogP contribution in [0.25, 0.3) is 5.65 Å². The van der Waals surface area contributed by atoms with Gasteiger partial charge in [0.1, 0.15) is 18.0 Å². The minimum atomic E-state index is 0.0209. The molecule has 7 nitrogen and oxygen atoms in total. The maximum atomic E-state index is 13.0. The number of hydrogen-bond donors (Lipinski definition) is 0. The zero-order valence-electron chi connectivity index (χ0n) is 19.6. The Labute approximate surface area is 200 Å². The number of imidazole rings is 1. The van der Waals surface area contributed by atoms with E-state index in [2.05, 4.69) is 9.88 Å². The molecular formula is C27H32N4O3. The first-order chi connectivity index (χ1) is 16.7. The number of ether oxygens (including phenoxy) is 1. The molecule has 34 heavy (non-hydrogen) atoms. The zero-order valence-corrected chi connectivity index (χ0v) is 19.6. The van der Waals surface area contributed by atoms with Gasteiger partial charge in [-0.1, -0.05) is 18.9 Å². The number of hydrogen-bond acceptors (Lipinski definition) is 4. The Morgan fingerprint density at radius 2 is 1.62 bits per heavy atom. The standard InChI is InChI=1S/C27H32N4O3/c32-26(30-17-12-22(13-18-30)27(33)29-14-4-1-2-5-15-29)21-8-10-24(11-9-21)34-20-23-19-31-16-6-3-7-25(31)28-23/h3,6-11,16,19,22H,1-2,4-5,12-15,17-18,20H2. The number of pyridine rings is 1. The lowest BCUT2D eigenvalue weighted by Gasteiger charge is -2.34. The average molecular weight is 461 g/mol. The van der Waals surface area contributed by atoms with Gasteiger partial charge >= 0.3 is 0 Å². The summed E-state index contributed by atoms with van der Waals surface area (Å²) in [6.07, 6.45) is 10.1. The van der Waals surface area contributed by atoms with E-state index >= 15 is 0 Å². The highest BCUT2D eigenvalue weighted by atomic mass is 16.5. The molecule has 5 rings (SSSR count). The summed E-state index contributed by atoms with van der Waals surface area (Å²) < 4.78 is 7.83. The first-order valence-electron chi connectivity index (χ1n) is 12.4. The molecule has 2 aliphatic heterocycles. The van der Waals surface area contributed by atoms with Crippen molar-refractivity contribution >= 4 is 17.5 Å². The van der Waals surface area contributed by atoms with Gasteiger partial charge in [0.05, 0.1) is 5.69 Å². The third-order valence-corrected chi connectivity index (χ3v) is 6.95. The van der Waals surface area contributed by atoms with E-state index in [1.165, 1.54) is 12.8 Å². The predicted molar refractivity (Wildman–Crippen MR) is 130 cm³/mol. The maximum Gasteiger partial charge on any atom is 0.253 e. The molecule has 0 N–H and O–H groups in total. The average Bonchev–Trinajstić information content (AvgIpc) is 3.11. The number of carbonyl (C=O) groups excluding carboxylic acids is 2. The maximum absolute atomic E-state index is 13.0. The number of rotatable bonds is 5. The number of piperidine rings is 1. The molecule has 2 aromatic heterocycles. The highest BCUT2D eigenvalue weighted by Crippen LogP contribution is 2.24. The van der Waals surface area contributed by atoms with Crippen LogP contribution < -0.4 is 4.74 Å². The van der Waals surface area contributed by atoms with Crippen LogP contribution in [0, 0.1) is 5.92 Å². The highest BCUT2D eigenvalue weighted by molar-refractivity contribution is 5.94. The van der Waals surface area contributed by atoms with Crippen molar-refractivity contribution in [3.63, 3.8) is 0 Å². The van der Waals surface area contributed by atoms with E-state index in [-0.39, 0.29) is 11.8 Å². The molecule has 0 bridgehead atoms. The van der Waals surface area contributed by atoms with Gasteiger partial charge in [-0.25, -0.2) is 4.98 Å². The number of aromatic nitrogens is 2. The Hall–Kier alpha value is -3.35. The summed E-state index contributed by atoms with van der Waals surface area (Å²) in [7, 11) is 0. The fourth-order valence-electron chi connectivity index (χ4n) is 4.97. The summed E-state index contributed by atoms with van der Waals surface area (Å²) in [5, 5.41) is 0. The molecule has 1 aromatic carbocycles. The monoisotopic (exact) mass is 460 g/mol. The molecule has 0 radical (unpaired) electrons. The topological polar surface area (TPSA) is 67.2 Å². The lowest BCUT2D eigenvalue weighted by atomic mass is 9.94. The van der Waals surface area contributed by atoms with Crippen LogP contribution in [0.2, 0.25) is 0 Å². The van der Waals surface area contributed by atoms with Crippen molar-refractivity contribution in [1.82, 2.24) is 19.2 Å². The van der Waals surface area contributed by atoms with Crippen molar-refractivity contribution in [2.24, 2.45) is 5.92 Å². The number of fused-ring (bicyclic) bond motifs is 1. The summed E-state index contributed by atoms with van der Waals surface area (Å²) in [4.78, 5) is 34.4. The number of benzene rings is 1. The quantitative estimate of drug-likeness (QED) is 0.573. The number of amides is 2. The van der Waals surface area contributed by atoms with Crippen molar-refractivity contribution < 1.29 is 14.3 Å². The molecule has 3 aromatic rings. The molecule has 2 amide bonds. The third-order valence-electron chi connectivity index (χ3n) is 6.95. The van der Waals surface area contributed by atoms with Crippen LogP contribution in [0.3, 0.4) is 0 Å². The van der Waals surface area contributed by atoms with E-state index in [4.69, 9.17) is 4.74 Å². The summed E-state index contributed by atoms with van der Waals surface area (Å²) in [5.74, 6) is 1.07. The molecule has 0 atom stereocenters. The van der Waals surface area contributed by atoms with E-state index in [0.29, 0.717) is 36.9 Å². The van der Waals surface area contributed by atoms with Crippen LogP contribution in [0.15, 0.2) is 54.9 Å². The molecule has 0 aliphatic carbocycles. The molecule has 0 unspecified atom stereocenters. The summed E-state index contributed by atoms with van der Waals surface area (Å²) >= 11 is 0. The number of nitrogens with zero attached hydrogens (tertiary/aromatic N) is 4. The van der Waals surface area contributed by atoms with Gasteiger partial charge in [-0.2, -0.15) is 0 Å². The predicted octanol–water partition coefficient (Wildman–Crippen LogP) is 4.17. The van der Waals surface area contributed by atoms with Crippen LogP contribution in [0.4, 0.5) is 0 Å². The first kappa shape index (κ1) is 22.4. The van der Waals surface area contributed by atoms with Crippen molar-refractivity contribution in [2.75, 3.05) is 26.2 Å². The van der Waals surface area contributed by atoms with E-state index in [1.54, 1.807) is 0 Å². The first-order valence-corrected chi connectivity index (χ1v) is 12.4. The summed E-state index contributed by atoms with van der Waals surface area (Å²) in [5.41, 5.74) is 2.39. The van der Waals surface area contributed by atoms with E-state index < -0.39 is 0 Å². The lowest BCUT2D eigenvalue weighted by Crippen LogP contribution is -2.44. The summed E-state index contributed by atoms with van der Waals surface area (Å²) in [6, 6.07) is 13.2. The molecule has 2 aliphatic rings. The smallest absolute Gasteiger partial charge is 0.253 e. The van der Waals surface area contributed by atoms with E-state index in [0.717, 1.165) is 50.1 Å². The van der Waals surface area contributed by atoms with Crippen LogP contribution in [-0.2, 0) is 11.4 Å². The van der Waals surface area contributed by atoms with Gasteiger partial charge < -0.3 is 18.9 Å². The Morgan fingerprint density at radius 3 is 2.32 bits per heavy atom. The normalized spacial score (nSPS) is 17.5. The fraction of sp³-hybridized carbons (Fsp3) is 0.444. The van der Waals surface area contributed by atoms with Gasteiger partial charge in [-0.05, 0) is 62.1 Å². The van der Waals surface area contributed by atoms with Crippen LogP contribution in [-0.4, -0.2) is 57.2 Å². The molecule has 0 saturated carbocycles. The number of carbonyl (C=O) groups is 2. The minimum Gasteiger partial charge on any atom is -0.487 e. The van der Waals surface area contributed by atoms with Crippen LogP contribution >= 0.6 is 0 Å². The second-order valence-corrected chi connectivity index (χ2v) is 9.32.